The van der Waals surface area contributed by atoms with Crippen LogP contribution >= 0.6 is 22.6 Å². The lowest BCUT2D eigenvalue weighted by Crippen LogP contribution is -2.05. The average molecular weight is 354 g/mol. The van der Waals surface area contributed by atoms with Gasteiger partial charge in [0, 0.05) is 6.42 Å². The quantitative estimate of drug-likeness (QED) is 0.216. The number of hydrogen-bond acceptors (Lipinski definition) is 2. The molecule has 0 fully saturated rings. The van der Waals surface area contributed by atoms with Gasteiger partial charge in [0.2, 0.25) is 0 Å². The number of unbranched alkanes of at least 4 members (excludes halogenated alkanes) is 7. The molecule has 2 nitrogen and oxygen atoms in total. The Morgan fingerprint density at radius 2 is 1.59 bits per heavy atom. The molecule has 0 aromatic heterocycles. The summed E-state index contributed by atoms with van der Waals surface area (Å²) < 4.78 is 6.30. The van der Waals surface area contributed by atoms with Gasteiger partial charge >= 0.3 is 5.97 Å². The van der Waals surface area contributed by atoms with Crippen molar-refractivity contribution < 1.29 is 9.53 Å². The second-order valence-corrected chi connectivity index (χ2v) is 5.57. The second-order valence-electron chi connectivity index (χ2n) is 4.49. The number of halogens is 1. The first-order valence-corrected chi connectivity index (χ1v) is 8.55. The second kappa shape index (κ2) is 14.3. The Balaban J connectivity index is 3.08. The van der Waals surface area contributed by atoms with Crippen molar-refractivity contribution in [1.29, 1.82) is 0 Å². The lowest BCUT2D eigenvalue weighted by molar-refractivity contribution is -0.143. The van der Waals surface area contributed by atoms with E-state index in [-0.39, 0.29) is 5.97 Å². The van der Waals surface area contributed by atoms with E-state index >= 15 is 0 Å². The van der Waals surface area contributed by atoms with Crippen molar-refractivity contribution in [2.24, 2.45) is 0 Å². The highest BCUT2D eigenvalue weighted by Crippen LogP contribution is 2.07. The number of rotatable bonds is 12. The normalized spacial score (nSPS) is 10.5. The van der Waals surface area contributed by atoms with Crippen LogP contribution in [-0.2, 0) is 9.53 Å². The molecule has 0 aliphatic carbocycles. The number of carbonyl (C=O) groups is 1. The third kappa shape index (κ3) is 14.1. The highest BCUT2D eigenvalue weighted by Gasteiger charge is 2.01. The maximum absolute atomic E-state index is 11.3. The van der Waals surface area contributed by atoms with Crippen molar-refractivity contribution in [2.75, 3.05) is 11.0 Å². The standard InChI is InChI=1S/C14H27IO2/c1-2-3-4-5-6-7-10-13-17-14(16)11-8-9-12-15/h2-13H2,1H3. The van der Waals surface area contributed by atoms with E-state index in [4.69, 9.17) is 4.74 Å². The summed E-state index contributed by atoms with van der Waals surface area (Å²) in [5.74, 6) is -0.0131. The fraction of sp³-hybridized carbons (Fsp3) is 0.929. The number of ether oxygens (including phenoxy) is 1. The van der Waals surface area contributed by atoms with Crippen molar-refractivity contribution >= 4 is 28.6 Å². The molecule has 0 bridgehead atoms. The molecule has 102 valence electrons. The molecular formula is C14H27IO2. The van der Waals surface area contributed by atoms with Gasteiger partial charge in [-0.2, -0.15) is 0 Å². The van der Waals surface area contributed by atoms with E-state index in [1.807, 2.05) is 0 Å². The average Bonchev–Trinajstić information content (AvgIpc) is 2.33. The first-order valence-electron chi connectivity index (χ1n) is 7.02. The van der Waals surface area contributed by atoms with Crippen LogP contribution in [0, 0.1) is 0 Å². The molecule has 0 aromatic rings. The summed E-state index contributed by atoms with van der Waals surface area (Å²) in [6, 6.07) is 0. The smallest absolute Gasteiger partial charge is 0.305 e. The van der Waals surface area contributed by atoms with Gasteiger partial charge in [0.15, 0.2) is 0 Å². The predicted octanol–water partition coefficient (Wildman–Crippen LogP) is 4.89. The molecule has 0 N–H and O–H groups in total. The monoisotopic (exact) mass is 354 g/mol. The van der Waals surface area contributed by atoms with Crippen LogP contribution in [0.1, 0.15) is 71.1 Å². The summed E-state index contributed by atoms with van der Waals surface area (Å²) in [4.78, 5) is 11.3. The van der Waals surface area contributed by atoms with Crippen molar-refractivity contribution in [2.45, 2.75) is 71.1 Å². The summed E-state index contributed by atoms with van der Waals surface area (Å²) in [6.45, 7) is 2.86. The Bertz CT molecular complexity index is 172. The predicted molar refractivity (Wildman–Crippen MR) is 81.7 cm³/mol. The van der Waals surface area contributed by atoms with Crippen LogP contribution < -0.4 is 0 Å². The van der Waals surface area contributed by atoms with Crippen LogP contribution in [0.25, 0.3) is 0 Å². The van der Waals surface area contributed by atoms with Gasteiger partial charge in [-0.25, -0.2) is 0 Å². The van der Waals surface area contributed by atoms with Gasteiger partial charge in [0.25, 0.3) is 0 Å². The van der Waals surface area contributed by atoms with Crippen LogP contribution in [-0.4, -0.2) is 17.0 Å². The minimum atomic E-state index is -0.0131. The van der Waals surface area contributed by atoms with Crippen molar-refractivity contribution in [3.63, 3.8) is 0 Å². The molecule has 0 radical (unpaired) electrons. The first-order chi connectivity index (χ1) is 8.31. The van der Waals surface area contributed by atoms with E-state index in [1.54, 1.807) is 0 Å². The summed E-state index contributed by atoms with van der Waals surface area (Å²) in [5.41, 5.74) is 0. The van der Waals surface area contributed by atoms with Gasteiger partial charge in [-0.1, -0.05) is 68.0 Å². The fourth-order valence-corrected chi connectivity index (χ4v) is 2.22. The van der Waals surface area contributed by atoms with Gasteiger partial charge in [-0.05, 0) is 23.7 Å². The Morgan fingerprint density at radius 1 is 0.941 bits per heavy atom. The molecule has 0 saturated carbocycles. The molecule has 3 heteroatoms. The van der Waals surface area contributed by atoms with Gasteiger partial charge < -0.3 is 4.74 Å². The van der Waals surface area contributed by atoms with Crippen LogP contribution in [0.2, 0.25) is 0 Å². The highest BCUT2D eigenvalue weighted by molar-refractivity contribution is 14.1. The first kappa shape index (κ1) is 17.2. The van der Waals surface area contributed by atoms with Crippen LogP contribution in [0.5, 0.6) is 0 Å². The lowest BCUT2D eigenvalue weighted by atomic mass is 10.1. The zero-order valence-corrected chi connectivity index (χ0v) is 13.3. The van der Waals surface area contributed by atoms with E-state index in [9.17, 15) is 4.79 Å². The molecule has 0 spiro atoms. The van der Waals surface area contributed by atoms with Gasteiger partial charge in [-0.3, -0.25) is 4.79 Å². The maximum Gasteiger partial charge on any atom is 0.305 e. The van der Waals surface area contributed by atoms with E-state index < -0.39 is 0 Å². The highest BCUT2D eigenvalue weighted by atomic mass is 127. The maximum atomic E-state index is 11.3. The van der Waals surface area contributed by atoms with E-state index in [2.05, 4.69) is 29.5 Å². The van der Waals surface area contributed by atoms with E-state index in [0.717, 1.165) is 23.7 Å². The van der Waals surface area contributed by atoms with Crippen molar-refractivity contribution in [3.8, 4) is 0 Å². The van der Waals surface area contributed by atoms with Crippen molar-refractivity contribution in [3.05, 3.63) is 0 Å². The molecular weight excluding hydrogens is 327 g/mol. The van der Waals surface area contributed by atoms with E-state index in [1.165, 1.54) is 38.5 Å². The summed E-state index contributed by atoms with van der Waals surface area (Å²) in [6.07, 6.45) is 11.5. The molecule has 0 saturated heterocycles. The van der Waals surface area contributed by atoms with Gasteiger partial charge in [-0.15, -0.1) is 0 Å². The minimum absolute atomic E-state index is 0.0131. The topological polar surface area (TPSA) is 26.3 Å². The molecule has 17 heavy (non-hydrogen) atoms. The number of alkyl halides is 1. The molecule has 0 unspecified atom stereocenters. The summed E-state index contributed by atoms with van der Waals surface area (Å²) in [5, 5.41) is 0. The van der Waals surface area contributed by atoms with Crippen LogP contribution in [0.15, 0.2) is 0 Å². The summed E-state index contributed by atoms with van der Waals surface area (Å²) in [7, 11) is 0. The Labute approximate surface area is 120 Å². The SMILES string of the molecule is CCCCCCCCCOC(=O)CCCCI. The molecule has 0 aromatic carbocycles. The van der Waals surface area contributed by atoms with Gasteiger partial charge in [0.05, 0.1) is 6.61 Å². The Kier molecular flexibility index (Phi) is 14.4. The number of hydrogen-bond donors (Lipinski definition) is 0. The zero-order valence-electron chi connectivity index (χ0n) is 11.2. The summed E-state index contributed by atoms with van der Waals surface area (Å²) >= 11 is 2.34. The zero-order chi connectivity index (χ0) is 12.8. The van der Waals surface area contributed by atoms with E-state index in [0.29, 0.717) is 13.0 Å². The number of carbonyl (C=O) groups excluding carboxylic acids is 1. The minimum Gasteiger partial charge on any atom is -0.466 e. The molecule has 0 atom stereocenters. The lowest BCUT2D eigenvalue weighted by Gasteiger charge is -2.04. The molecule has 0 aliphatic rings. The molecule has 0 aliphatic heterocycles. The third-order valence-corrected chi connectivity index (χ3v) is 3.54. The van der Waals surface area contributed by atoms with Crippen LogP contribution in [0.4, 0.5) is 0 Å². The van der Waals surface area contributed by atoms with Crippen molar-refractivity contribution in [1.82, 2.24) is 0 Å². The Morgan fingerprint density at radius 3 is 2.24 bits per heavy atom. The van der Waals surface area contributed by atoms with Crippen LogP contribution in [0.3, 0.4) is 0 Å². The number of esters is 1. The molecule has 0 rings (SSSR count). The molecule has 0 heterocycles. The third-order valence-electron chi connectivity index (χ3n) is 2.78. The molecule has 0 amide bonds. The fourth-order valence-electron chi connectivity index (χ4n) is 1.68. The van der Waals surface area contributed by atoms with Gasteiger partial charge in [0.1, 0.15) is 0 Å². The largest absolute Gasteiger partial charge is 0.466 e. The Hall–Kier alpha value is 0.200.